The topological polar surface area (TPSA) is 56.9 Å². The molecule has 0 saturated heterocycles. The van der Waals surface area contributed by atoms with Gasteiger partial charge in [0.1, 0.15) is 11.1 Å². The van der Waals surface area contributed by atoms with E-state index in [-0.39, 0.29) is 5.25 Å². The van der Waals surface area contributed by atoms with E-state index in [4.69, 9.17) is 4.98 Å². The normalized spacial score (nSPS) is 19.1. The Morgan fingerprint density at radius 2 is 1.66 bits per heavy atom. The first kappa shape index (κ1) is 26.6. The van der Waals surface area contributed by atoms with Crippen molar-refractivity contribution in [3.63, 3.8) is 0 Å². The fraction of sp³-hybridized carbons (Fsp3) is 0.273. The number of benzene rings is 3. The molecule has 0 radical (unpaired) electrons. The van der Waals surface area contributed by atoms with Gasteiger partial charge in [-0.15, -0.1) is 11.8 Å². The minimum atomic E-state index is -0.802. The maximum Gasteiger partial charge on any atom is 0.115 e. The number of hydrogen-bond acceptors (Lipinski definition) is 5. The van der Waals surface area contributed by atoms with Gasteiger partial charge >= 0.3 is 0 Å². The van der Waals surface area contributed by atoms with Crippen LogP contribution in [0.5, 0.6) is 0 Å². The summed E-state index contributed by atoms with van der Waals surface area (Å²) in [5, 5.41) is 23.0. The Morgan fingerprint density at radius 1 is 0.947 bits per heavy atom. The molecule has 1 heterocycles. The number of rotatable bonds is 8. The number of pyridine rings is 1. The minimum Gasteiger partial charge on any atom is -0.388 e. The van der Waals surface area contributed by atoms with Crippen molar-refractivity contribution in [1.29, 1.82) is 5.26 Å². The van der Waals surface area contributed by atoms with Gasteiger partial charge in [-0.2, -0.15) is 17.0 Å². The van der Waals surface area contributed by atoms with Crippen molar-refractivity contribution in [2.45, 2.75) is 54.2 Å². The van der Waals surface area contributed by atoms with Crippen LogP contribution in [0.3, 0.4) is 0 Å². The summed E-state index contributed by atoms with van der Waals surface area (Å²) in [7, 11) is 0. The second kappa shape index (κ2) is 12.2. The van der Waals surface area contributed by atoms with Gasteiger partial charge in [0.15, 0.2) is 0 Å². The van der Waals surface area contributed by atoms with E-state index in [1.165, 1.54) is 22.9 Å². The predicted molar refractivity (Wildman–Crippen MR) is 160 cm³/mol. The number of nitrogens with zero attached hydrogens (tertiary/aromatic N) is 2. The van der Waals surface area contributed by atoms with Crippen molar-refractivity contribution >= 4 is 23.5 Å². The van der Waals surface area contributed by atoms with Crippen molar-refractivity contribution in [2.75, 3.05) is 5.75 Å². The van der Waals surface area contributed by atoms with E-state index < -0.39 is 5.60 Å². The van der Waals surface area contributed by atoms with Gasteiger partial charge in [0, 0.05) is 27.9 Å². The Hall–Kier alpha value is -3.04. The van der Waals surface area contributed by atoms with E-state index in [2.05, 4.69) is 61.5 Å². The molecule has 0 bridgehead atoms. The zero-order valence-corrected chi connectivity index (χ0v) is 23.3. The molecule has 4 aromatic rings. The molecule has 5 heteroatoms. The Morgan fingerprint density at radius 3 is 2.37 bits per heavy atom. The molecule has 1 N–H and O–H groups in total. The molecule has 1 fully saturated rings. The lowest BCUT2D eigenvalue weighted by Crippen LogP contribution is -2.45. The van der Waals surface area contributed by atoms with Crippen molar-refractivity contribution in [3.8, 4) is 28.5 Å². The van der Waals surface area contributed by atoms with Gasteiger partial charge in [-0.1, -0.05) is 103 Å². The van der Waals surface area contributed by atoms with Crippen LogP contribution in [0, 0.1) is 18.3 Å². The summed E-state index contributed by atoms with van der Waals surface area (Å²) in [5.41, 5.74) is 5.97. The SMILES string of the molecule is Cc1ccc(-c2cc(-c3ccccc3)nc(SC[C@]3(O)CCCC[C@H]3SCc3ccccc3)c2C#N)cc1. The van der Waals surface area contributed by atoms with E-state index in [0.717, 1.165) is 53.8 Å². The van der Waals surface area contributed by atoms with Gasteiger partial charge in [0.2, 0.25) is 0 Å². The first-order valence-electron chi connectivity index (χ1n) is 13.1. The summed E-state index contributed by atoms with van der Waals surface area (Å²) < 4.78 is 0. The first-order chi connectivity index (χ1) is 18.6. The highest BCUT2D eigenvalue weighted by molar-refractivity contribution is 8.00. The average Bonchev–Trinajstić information content (AvgIpc) is 2.96. The standard InChI is InChI=1S/C33H32N2OS2/c1-24-15-17-26(18-16-24)28-20-30(27-12-6-3-7-13-27)35-32(29(28)21-34)38-23-33(36)19-9-8-14-31(33)37-22-25-10-4-2-5-11-25/h2-7,10-13,15-18,20,31,36H,8-9,14,19,22-23H2,1H3/t31-,33-/m1/s1. The lowest BCUT2D eigenvalue weighted by atomic mass is 9.86. The molecule has 1 saturated carbocycles. The van der Waals surface area contributed by atoms with Crippen LogP contribution in [0.1, 0.15) is 42.4 Å². The molecule has 2 atom stereocenters. The second-order valence-corrected chi connectivity index (χ2v) is 12.2. The van der Waals surface area contributed by atoms with Crippen LogP contribution < -0.4 is 0 Å². The van der Waals surface area contributed by atoms with E-state index in [9.17, 15) is 10.4 Å². The van der Waals surface area contributed by atoms with Crippen molar-refractivity contribution in [2.24, 2.45) is 0 Å². The predicted octanol–water partition coefficient (Wildman–Crippen LogP) is 8.29. The van der Waals surface area contributed by atoms with Crippen molar-refractivity contribution in [1.82, 2.24) is 4.98 Å². The molecule has 192 valence electrons. The van der Waals surface area contributed by atoms with Gasteiger partial charge in [0.05, 0.1) is 16.9 Å². The Balaban J connectivity index is 1.45. The van der Waals surface area contributed by atoms with Crippen LogP contribution in [0.25, 0.3) is 22.4 Å². The molecule has 0 aliphatic heterocycles. The third kappa shape index (κ3) is 6.15. The molecule has 0 spiro atoms. The summed E-state index contributed by atoms with van der Waals surface area (Å²) >= 11 is 3.38. The molecule has 1 aromatic heterocycles. The summed E-state index contributed by atoms with van der Waals surface area (Å²) in [4.78, 5) is 4.97. The number of aliphatic hydroxyl groups is 1. The molecule has 1 aliphatic carbocycles. The monoisotopic (exact) mass is 536 g/mol. The lowest BCUT2D eigenvalue weighted by Gasteiger charge is -2.39. The van der Waals surface area contributed by atoms with Crippen molar-refractivity contribution < 1.29 is 5.11 Å². The fourth-order valence-corrected chi connectivity index (χ4v) is 7.74. The van der Waals surface area contributed by atoms with Gasteiger partial charge < -0.3 is 5.11 Å². The quantitative estimate of drug-likeness (QED) is 0.230. The summed E-state index contributed by atoms with van der Waals surface area (Å²) in [6, 6.07) is 33.3. The maximum absolute atomic E-state index is 11.9. The Bertz CT molecular complexity index is 1400. The van der Waals surface area contributed by atoms with Crippen LogP contribution in [0.4, 0.5) is 0 Å². The van der Waals surface area contributed by atoms with E-state index in [1.807, 2.05) is 54.2 Å². The van der Waals surface area contributed by atoms with Gasteiger partial charge in [-0.05, 0) is 37.0 Å². The third-order valence-electron chi connectivity index (χ3n) is 7.21. The molecule has 3 nitrogen and oxygen atoms in total. The Labute approximate surface area is 234 Å². The largest absolute Gasteiger partial charge is 0.388 e. The van der Waals surface area contributed by atoms with Crippen LogP contribution in [0.15, 0.2) is 96.0 Å². The zero-order valence-electron chi connectivity index (χ0n) is 21.6. The summed E-state index contributed by atoms with van der Waals surface area (Å²) in [6.45, 7) is 2.06. The molecule has 1 aliphatic rings. The molecule has 3 aromatic carbocycles. The van der Waals surface area contributed by atoms with Crippen LogP contribution in [-0.2, 0) is 5.75 Å². The van der Waals surface area contributed by atoms with Crippen LogP contribution >= 0.6 is 23.5 Å². The molecule has 0 unspecified atom stereocenters. The van der Waals surface area contributed by atoms with Gasteiger partial charge in [-0.3, -0.25) is 0 Å². The van der Waals surface area contributed by atoms with E-state index >= 15 is 0 Å². The molecule has 38 heavy (non-hydrogen) atoms. The number of aromatic nitrogens is 1. The lowest BCUT2D eigenvalue weighted by molar-refractivity contribution is 0.0339. The molecule has 0 amide bonds. The zero-order chi connectivity index (χ0) is 26.4. The summed E-state index contributed by atoms with van der Waals surface area (Å²) in [6.07, 6.45) is 3.95. The summed E-state index contributed by atoms with van der Waals surface area (Å²) in [5.74, 6) is 1.41. The highest BCUT2D eigenvalue weighted by Crippen LogP contribution is 2.42. The van der Waals surface area contributed by atoms with Crippen LogP contribution in [0.2, 0.25) is 0 Å². The number of thioether (sulfide) groups is 2. The second-order valence-electron chi connectivity index (χ2n) is 10.0. The number of aryl methyl sites for hydroxylation is 1. The third-order valence-corrected chi connectivity index (χ3v) is 10.00. The molecule has 5 rings (SSSR count). The van der Waals surface area contributed by atoms with Crippen LogP contribution in [-0.4, -0.2) is 26.7 Å². The highest BCUT2D eigenvalue weighted by Gasteiger charge is 2.39. The molecular formula is C33H32N2OS2. The van der Waals surface area contributed by atoms with Crippen molar-refractivity contribution in [3.05, 3.63) is 108 Å². The number of hydrogen-bond donors (Lipinski definition) is 1. The van der Waals surface area contributed by atoms with E-state index in [0.29, 0.717) is 16.3 Å². The fourth-order valence-electron chi connectivity index (χ4n) is 5.01. The first-order valence-corrected chi connectivity index (χ1v) is 15.2. The number of nitriles is 1. The minimum absolute atomic E-state index is 0.156. The smallest absolute Gasteiger partial charge is 0.115 e. The van der Waals surface area contributed by atoms with Gasteiger partial charge in [0.25, 0.3) is 0 Å². The van der Waals surface area contributed by atoms with E-state index in [1.54, 1.807) is 0 Å². The average molecular weight is 537 g/mol. The Kier molecular flexibility index (Phi) is 8.54. The maximum atomic E-state index is 11.9. The highest BCUT2D eigenvalue weighted by atomic mass is 32.2. The molecular weight excluding hydrogens is 505 g/mol. The van der Waals surface area contributed by atoms with Gasteiger partial charge in [-0.25, -0.2) is 4.98 Å².